The van der Waals surface area contributed by atoms with E-state index in [0.29, 0.717) is 25.5 Å². The molecule has 7 heteroatoms. The van der Waals surface area contributed by atoms with Crippen LogP contribution in [0.15, 0.2) is 13.6 Å². The predicted molar refractivity (Wildman–Crippen MR) is 68.2 cm³/mol. The summed E-state index contributed by atoms with van der Waals surface area (Å²) in [5.41, 5.74) is 0. The summed E-state index contributed by atoms with van der Waals surface area (Å²) in [5, 5.41) is 0. The highest BCUT2D eigenvalue weighted by atomic mass is 16.6. The summed E-state index contributed by atoms with van der Waals surface area (Å²) in [6.07, 6.45) is 0. The molecule has 2 heterocycles. The van der Waals surface area contributed by atoms with Crippen LogP contribution in [0.1, 0.15) is 25.4 Å². The number of aryl methyl sites for hydroxylation is 1. The number of carbonyl (C=O) groups excluding carboxylic acids is 1. The van der Waals surface area contributed by atoms with Crippen LogP contribution >= 0.6 is 0 Å². The van der Waals surface area contributed by atoms with Crippen LogP contribution in [0.2, 0.25) is 0 Å². The second-order valence-electron chi connectivity index (χ2n) is 4.96. The van der Waals surface area contributed by atoms with Crippen LogP contribution < -0.4 is 5.82 Å². The molecule has 1 fully saturated rings. The van der Waals surface area contributed by atoms with E-state index in [9.17, 15) is 9.59 Å². The van der Waals surface area contributed by atoms with Crippen molar-refractivity contribution in [2.45, 2.75) is 39.5 Å². The van der Waals surface area contributed by atoms with Gasteiger partial charge in [-0.15, -0.1) is 0 Å². The second kappa shape index (κ2) is 6.23. The first-order chi connectivity index (χ1) is 9.49. The Kier molecular flexibility index (Phi) is 4.61. The van der Waals surface area contributed by atoms with Crippen LogP contribution in [0.4, 0.5) is 0 Å². The Labute approximate surface area is 116 Å². The normalized spacial score (nSPS) is 20.3. The van der Waals surface area contributed by atoms with Gasteiger partial charge < -0.3 is 18.3 Å². The van der Waals surface area contributed by atoms with Crippen molar-refractivity contribution in [1.82, 2.24) is 4.90 Å². The molecule has 1 atom stereocenters. The maximum absolute atomic E-state index is 12.1. The smallest absolute Gasteiger partial charge is 0.456 e. The molecule has 7 nitrogen and oxygen atoms in total. The third-order valence-corrected chi connectivity index (χ3v) is 3.29. The van der Waals surface area contributed by atoms with Crippen molar-refractivity contribution < 1.29 is 23.1 Å². The molecule has 1 aromatic rings. The fourth-order valence-corrected chi connectivity index (χ4v) is 2.18. The molecule has 0 N–H and O–H groups in total. The quantitative estimate of drug-likeness (QED) is 0.753. The molecular formula is C13H19NO6. The lowest BCUT2D eigenvalue weighted by atomic mass is 10.2. The fraction of sp³-hybridized carbons (Fsp3) is 0.692. The molecule has 0 bridgehead atoms. The summed E-state index contributed by atoms with van der Waals surface area (Å²) in [7, 11) is 0. The molecule has 20 heavy (non-hydrogen) atoms. The fourth-order valence-electron chi connectivity index (χ4n) is 2.18. The number of hydrogen-bond acceptors (Lipinski definition) is 7. The Morgan fingerprint density at radius 1 is 1.45 bits per heavy atom. The topological polar surface area (TPSA) is 82.1 Å². The van der Waals surface area contributed by atoms with Gasteiger partial charge >= 0.3 is 11.8 Å². The average molecular weight is 285 g/mol. The van der Waals surface area contributed by atoms with Crippen molar-refractivity contribution in [2.75, 3.05) is 19.8 Å². The maximum atomic E-state index is 12.1. The Hall–Kier alpha value is -1.60. The lowest BCUT2D eigenvalue weighted by Gasteiger charge is -2.36. The summed E-state index contributed by atoms with van der Waals surface area (Å²) < 4.78 is 20.0. The van der Waals surface area contributed by atoms with Crippen molar-refractivity contribution in [1.29, 1.82) is 0 Å². The summed E-state index contributed by atoms with van der Waals surface area (Å²) in [6, 6.07) is -0.201. The highest BCUT2D eigenvalue weighted by Gasteiger charge is 2.32. The molecule has 0 saturated carbocycles. The van der Waals surface area contributed by atoms with Crippen molar-refractivity contribution in [3.63, 3.8) is 0 Å². The van der Waals surface area contributed by atoms with E-state index in [4.69, 9.17) is 18.3 Å². The first kappa shape index (κ1) is 14.8. The lowest BCUT2D eigenvalue weighted by molar-refractivity contribution is -0.159. The van der Waals surface area contributed by atoms with Gasteiger partial charge in [-0.1, -0.05) is 0 Å². The number of rotatable bonds is 4. The first-order valence-corrected chi connectivity index (χ1v) is 6.58. The summed E-state index contributed by atoms with van der Waals surface area (Å²) >= 11 is 0. The van der Waals surface area contributed by atoms with E-state index in [0.717, 1.165) is 0 Å². The van der Waals surface area contributed by atoms with E-state index < -0.39 is 11.9 Å². The minimum absolute atomic E-state index is 0.112. The molecule has 0 aromatic carbocycles. The van der Waals surface area contributed by atoms with Crippen LogP contribution in [0.3, 0.4) is 0 Å². The van der Waals surface area contributed by atoms with Gasteiger partial charge in [-0.3, -0.25) is 9.69 Å². The molecule has 0 unspecified atom stereocenters. The third-order valence-electron chi connectivity index (χ3n) is 3.29. The summed E-state index contributed by atoms with van der Waals surface area (Å²) in [6.45, 7) is 7.12. The zero-order valence-electron chi connectivity index (χ0n) is 11.9. The van der Waals surface area contributed by atoms with E-state index in [1.807, 2.05) is 18.7 Å². The monoisotopic (exact) mass is 285 g/mol. The molecule has 1 aliphatic heterocycles. The van der Waals surface area contributed by atoms with Gasteiger partial charge in [0.25, 0.3) is 0 Å². The van der Waals surface area contributed by atoms with Gasteiger partial charge in [0.2, 0.25) is 0 Å². The Morgan fingerprint density at radius 3 is 2.80 bits per heavy atom. The Morgan fingerprint density at radius 2 is 2.20 bits per heavy atom. The third kappa shape index (κ3) is 3.29. The SMILES string of the molecule is Cc1oc(=O)oc1COC(=O)[C@H]1COCCN1C(C)C. The van der Waals surface area contributed by atoms with E-state index in [1.54, 1.807) is 6.92 Å². The van der Waals surface area contributed by atoms with Gasteiger partial charge in [-0.25, -0.2) is 4.79 Å². The lowest BCUT2D eigenvalue weighted by Crippen LogP contribution is -2.53. The second-order valence-corrected chi connectivity index (χ2v) is 4.96. The molecule has 2 rings (SSSR count). The molecule has 0 spiro atoms. The average Bonchev–Trinajstić information content (AvgIpc) is 2.74. The van der Waals surface area contributed by atoms with Gasteiger partial charge in [-0.2, -0.15) is 0 Å². The van der Waals surface area contributed by atoms with E-state index in [1.165, 1.54) is 0 Å². The number of hydrogen-bond donors (Lipinski definition) is 0. The minimum atomic E-state index is -0.793. The largest absolute Gasteiger partial charge is 0.519 e. The molecule has 0 amide bonds. The zero-order chi connectivity index (χ0) is 14.7. The van der Waals surface area contributed by atoms with Crippen molar-refractivity contribution in [3.05, 3.63) is 22.1 Å². The van der Waals surface area contributed by atoms with Crippen LogP contribution in [0, 0.1) is 6.92 Å². The van der Waals surface area contributed by atoms with E-state index >= 15 is 0 Å². The van der Waals surface area contributed by atoms with Crippen molar-refractivity contribution >= 4 is 5.97 Å². The van der Waals surface area contributed by atoms with Gasteiger partial charge in [0, 0.05) is 12.6 Å². The van der Waals surface area contributed by atoms with Gasteiger partial charge in [0.1, 0.15) is 6.04 Å². The van der Waals surface area contributed by atoms with Crippen LogP contribution in [0.25, 0.3) is 0 Å². The number of esters is 1. The van der Waals surface area contributed by atoms with Gasteiger partial charge in [0.05, 0.1) is 13.2 Å². The molecule has 0 aliphatic carbocycles. The van der Waals surface area contributed by atoms with Gasteiger partial charge in [0.15, 0.2) is 18.1 Å². The molecular weight excluding hydrogens is 266 g/mol. The van der Waals surface area contributed by atoms with Crippen molar-refractivity contribution in [3.8, 4) is 0 Å². The number of carbonyl (C=O) groups is 1. The maximum Gasteiger partial charge on any atom is 0.519 e. The minimum Gasteiger partial charge on any atom is -0.456 e. The summed E-state index contributed by atoms with van der Waals surface area (Å²) in [4.78, 5) is 25.0. The molecule has 112 valence electrons. The number of ether oxygens (including phenoxy) is 2. The molecule has 1 aromatic heterocycles. The molecule has 0 radical (unpaired) electrons. The number of nitrogens with zero attached hydrogens (tertiary/aromatic N) is 1. The highest BCUT2D eigenvalue weighted by Crippen LogP contribution is 2.14. The molecule has 1 saturated heterocycles. The number of morpholine rings is 1. The van der Waals surface area contributed by atoms with Gasteiger partial charge in [-0.05, 0) is 20.8 Å². The zero-order valence-corrected chi connectivity index (χ0v) is 11.9. The summed E-state index contributed by atoms with van der Waals surface area (Å²) in [5.74, 6) is -0.625. The van der Waals surface area contributed by atoms with E-state index in [2.05, 4.69) is 0 Å². The standard InChI is InChI=1S/C13H19NO6/c1-8(2)14-4-5-17-6-10(14)12(15)18-7-11-9(3)19-13(16)20-11/h8,10H,4-7H2,1-3H3/t10-/m1/s1. The van der Waals surface area contributed by atoms with Crippen LogP contribution in [0.5, 0.6) is 0 Å². The predicted octanol–water partition coefficient (Wildman–Crippen LogP) is 0.694. The molecule has 1 aliphatic rings. The highest BCUT2D eigenvalue weighted by molar-refractivity contribution is 5.76. The Bertz CT molecular complexity index is 517. The van der Waals surface area contributed by atoms with Crippen molar-refractivity contribution in [2.24, 2.45) is 0 Å². The van der Waals surface area contributed by atoms with Crippen LogP contribution in [-0.2, 0) is 20.9 Å². The van der Waals surface area contributed by atoms with Crippen LogP contribution in [-0.4, -0.2) is 42.7 Å². The Balaban J connectivity index is 1.96. The first-order valence-electron chi connectivity index (χ1n) is 6.58. The van der Waals surface area contributed by atoms with E-state index in [-0.39, 0.29) is 24.4 Å².